The van der Waals surface area contributed by atoms with Gasteiger partial charge in [-0.05, 0) is 31.5 Å². The molecule has 0 spiro atoms. The Hall–Kier alpha value is -2.47. The molecule has 0 radical (unpaired) electrons. The number of fused-ring (bicyclic) bond motifs is 2. The zero-order chi connectivity index (χ0) is 19.0. The predicted molar refractivity (Wildman–Crippen MR) is 102 cm³/mol. The average molecular weight is 384 g/mol. The van der Waals surface area contributed by atoms with Gasteiger partial charge in [0.2, 0.25) is 0 Å². The molecular formula is C19H20N4O3S. The van der Waals surface area contributed by atoms with Crippen LogP contribution in [0.5, 0.6) is 5.75 Å². The summed E-state index contributed by atoms with van der Waals surface area (Å²) in [4.78, 5) is 17.8. The first kappa shape index (κ1) is 17.9. The van der Waals surface area contributed by atoms with Crippen LogP contribution in [0.15, 0.2) is 24.4 Å². The van der Waals surface area contributed by atoms with Crippen LogP contribution in [0.4, 0.5) is 5.13 Å². The number of nitriles is 1. The third kappa shape index (κ3) is 3.41. The number of benzene rings is 1. The SMILES string of the molecule is CC(C)Oc1cc(-c2cnc(NC(=O)C34CNC(CO3)C4)s2)ccc1C#N. The van der Waals surface area contributed by atoms with E-state index in [9.17, 15) is 10.1 Å². The van der Waals surface area contributed by atoms with Crippen molar-refractivity contribution in [3.05, 3.63) is 30.0 Å². The van der Waals surface area contributed by atoms with Crippen molar-refractivity contribution in [3.8, 4) is 22.3 Å². The Morgan fingerprint density at radius 2 is 2.41 bits per heavy atom. The highest BCUT2D eigenvalue weighted by Crippen LogP contribution is 2.35. The molecule has 0 saturated carbocycles. The topological polar surface area (TPSA) is 96.3 Å². The number of ether oxygens (including phenoxy) is 2. The zero-order valence-electron chi connectivity index (χ0n) is 15.1. The van der Waals surface area contributed by atoms with Crippen molar-refractivity contribution in [2.24, 2.45) is 0 Å². The van der Waals surface area contributed by atoms with E-state index in [-0.39, 0.29) is 18.1 Å². The predicted octanol–water partition coefficient (Wildman–Crippen LogP) is 2.54. The molecule has 2 saturated heterocycles. The smallest absolute Gasteiger partial charge is 0.259 e. The van der Waals surface area contributed by atoms with E-state index >= 15 is 0 Å². The minimum Gasteiger partial charge on any atom is -0.490 e. The van der Waals surface area contributed by atoms with Crippen molar-refractivity contribution < 1.29 is 14.3 Å². The number of thiazole rings is 1. The van der Waals surface area contributed by atoms with Crippen molar-refractivity contribution in [1.29, 1.82) is 5.26 Å². The van der Waals surface area contributed by atoms with Crippen LogP contribution in [-0.4, -0.2) is 41.8 Å². The van der Waals surface area contributed by atoms with Gasteiger partial charge < -0.3 is 14.8 Å². The van der Waals surface area contributed by atoms with Gasteiger partial charge in [-0.25, -0.2) is 4.98 Å². The maximum Gasteiger partial charge on any atom is 0.259 e. The molecule has 4 rings (SSSR count). The van der Waals surface area contributed by atoms with Crippen LogP contribution in [-0.2, 0) is 9.53 Å². The fourth-order valence-corrected chi connectivity index (χ4v) is 4.18. The second-order valence-electron chi connectivity index (χ2n) is 7.06. The highest BCUT2D eigenvalue weighted by Gasteiger charge is 2.52. The lowest BCUT2D eigenvalue weighted by atomic mass is 10.0. The number of anilines is 1. The number of hydrogen-bond donors (Lipinski definition) is 2. The highest BCUT2D eigenvalue weighted by atomic mass is 32.1. The summed E-state index contributed by atoms with van der Waals surface area (Å²) in [5, 5.41) is 15.9. The molecule has 0 aliphatic carbocycles. The quantitative estimate of drug-likeness (QED) is 0.822. The van der Waals surface area contributed by atoms with E-state index in [1.54, 1.807) is 12.3 Å². The van der Waals surface area contributed by atoms with Gasteiger partial charge in [-0.15, -0.1) is 0 Å². The van der Waals surface area contributed by atoms with Gasteiger partial charge in [0.1, 0.15) is 11.8 Å². The van der Waals surface area contributed by atoms with Crippen LogP contribution >= 0.6 is 11.3 Å². The number of hydrogen-bond acceptors (Lipinski definition) is 7. The van der Waals surface area contributed by atoms with Crippen molar-refractivity contribution >= 4 is 22.4 Å². The number of rotatable bonds is 5. The molecule has 2 aromatic rings. The molecule has 2 atom stereocenters. The molecule has 27 heavy (non-hydrogen) atoms. The first-order valence-electron chi connectivity index (χ1n) is 8.85. The third-order valence-corrected chi connectivity index (χ3v) is 5.66. The van der Waals surface area contributed by atoms with Crippen molar-refractivity contribution in [3.63, 3.8) is 0 Å². The Kier molecular flexibility index (Phi) is 4.60. The number of carbonyl (C=O) groups excluding carboxylic acids is 1. The Labute approximate surface area is 161 Å². The molecule has 2 bridgehead atoms. The van der Waals surface area contributed by atoms with Crippen molar-refractivity contribution in [2.45, 2.75) is 38.0 Å². The molecule has 7 nitrogen and oxygen atoms in total. The lowest BCUT2D eigenvalue weighted by Gasteiger charge is -2.24. The summed E-state index contributed by atoms with van der Waals surface area (Å²) in [7, 11) is 0. The van der Waals surface area contributed by atoms with Crippen LogP contribution in [0.2, 0.25) is 0 Å². The van der Waals surface area contributed by atoms with E-state index in [2.05, 4.69) is 21.7 Å². The zero-order valence-corrected chi connectivity index (χ0v) is 15.9. The monoisotopic (exact) mass is 384 g/mol. The van der Waals surface area contributed by atoms with E-state index in [4.69, 9.17) is 9.47 Å². The second kappa shape index (κ2) is 6.93. The van der Waals surface area contributed by atoms with Crippen LogP contribution in [0.3, 0.4) is 0 Å². The molecule has 2 aliphatic rings. The summed E-state index contributed by atoms with van der Waals surface area (Å²) < 4.78 is 11.4. The fraction of sp³-hybridized carbons (Fsp3) is 0.421. The summed E-state index contributed by atoms with van der Waals surface area (Å²) in [5.41, 5.74) is 0.607. The number of amides is 1. The minimum absolute atomic E-state index is 0.0295. The van der Waals surface area contributed by atoms with Gasteiger partial charge in [-0.3, -0.25) is 10.1 Å². The lowest BCUT2D eigenvalue weighted by molar-refractivity contribution is -0.135. The summed E-state index contributed by atoms with van der Waals surface area (Å²) in [6.45, 7) is 4.94. The summed E-state index contributed by atoms with van der Waals surface area (Å²) >= 11 is 1.38. The molecule has 140 valence electrons. The largest absolute Gasteiger partial charge is 0.490 e. The molecule has 1 aromatic carbocycles. The minimum atomic E-state index is -0.775. The van der Waals surface area contributed by atoms with Gasteiger partial charge in [-0.2, -0.15) is 5.26 Å². The first-order chi connectivity index (χ1) is 13.0. The van der Waals surface area contributed by atoms with Gasteiger partial charge in [-0.1, -0.05) is 17.4 Å². The van der Waals surface area contributed by atoms with Crippen LogP contribution < -0.4 is 15.4 Å². The van der Waals surface area contributed by atoms with Crippen molar-refractivity contribution in [1.82, 2.24) is 10.3 Å². The molecular weight excluding hydrogens is 364 g/mol. The number of aromatic nitrogens is 1. The Balaban J connectivity index is 1.52. The maximum atomic E-state index is 12.6. The van der Waals surface area contributed by atoms with Crippen LogP contribution in [0.1, 0.15) is 25.8 Å². The van der Waals surface area contributed by atoms with E-state index in [1.165, 1.54) is 11.3 Å². The molecule has 2 unspecified atom stereocenters. The molecule has 2 fully saturated rings. The van der Waals surface area contributed by atoms with Gasteiger partial charge in [0.05, 0.1) is 23.2 Å². The van der Waals surface area contributed by atoms with Crippen LogP contribution in [0.25, 0.3) is 10.4 Å². The Bertz CT molecular complexity index is 910. The normalized spacial score (nSPS) is 23.4. The number of nitrogens with one attached hydrogen (secondary N) is 2. The summed E-state index contributed by atoms with van der Waals surface area (Å²) in [6.07, 6.45) is 2.38. The second-order valence-corrected chi connectivity index (χ2v) is 8.09. The fourth-order valence-electron chi connectivity index (χ4n) is 3.37. The van der Waals surface area contributed by atoms with Gasteiger partial charge in [0, 0.05) is 25.2 Å². The molecule has 8 heteroatoms. The number of carbonyl (C=O) groups is 1. The standard InChI is InChI=1S/C19H20N4O3S/c1-11(2)26-15-5-12(3-4-13(15)7-20)16-8-21-18(27-16)23-17(24)19-6-14(9-25-19)22-10-19/h3-5,8,11,14,22H,6,9-10H2,1-2H3,(H,21,23,24). The summed E-state index contributed by atoms with van der Waals surface area (Å²) in [6, 6.07) is 7.84. The lowest BCUT2D eigenvalue weighted by Crippen LogP contribution is -2.48. The van der Waals surface area contributed by atoms with E-state index in [0.29, 0.717) is 36.0 Å². The maximum absolute atomic E-state index is 12.6. The third-order valence-electron chi connectivity index (χ3n) is 4.70. The summed E-state index contributed by atoms with van der Waals surface area (Å²) in [5.74, 6) is 0.393. The average Bonchev–Trinajstić information content (AvgIpc) is 3.38. The highest BCUT2D eigenvalue weighted by molar-refractivity contribution is 7.19. The molecule has 2 aliphatic heterocycles. The molecule has 1 aromatic heterocycles. The Morgan fingerprint density at radius 1 is 1.56 bits per heavy atom. The van der Waals surface area contributed by atoms with Gasteiger partial charge >= 0.3 is 0 Å². The van der Waals surface area contributed by atoms with Gasteiger partial charge in [0.25, 0.3) is 5.91 Å². The number of morpholine rings is 1. The molecule has 3 heterocycles. The first-order valence-corrected chi connectivity index (χ1v) is 9.66. The Morgan fingerprint density at radius 3 is 3.04 bits per heavy atom. The van der Waals surface area contributed by atoms with E-state index in [0.717, 1.165) is 10.4 Å². The van der Waals surface area contributed by atoms with Crippen LogP contribution in [0, 0.1) is 11.3 Å². The van der Waals surface area contributed by atoms with Gasteiger partial charge in [0.15, 0.2) is 10.7 Å². The van der Waals surface area contributed by atoms with E-state index in [1.807, 2.05) is 26.0 Å². The molecule has 1 amide bonds. The van der Waals surface area contributed by atoms with Crippen molar-refractivity contribution in [2.75, 3.05) is 18.5 Å². The number of nitrogens with zero attached hydrogens (tertiary/aromatic N) is 2. The molecule has 2 N–H and O–H groups in total. The van der Waals surface area contributed by atoms with E-state index < -0.39 is 5.60 Å².